The first kappa shape index (κ1) is 22.3. The van der Waals surface area contributed by atoms with Crippen molar-refractivity contribution in [3.8, 4) is 5.75 Å². The normalized spacial score (nSPS) is 13.1. The first-order chi connectivity index (χ1) is 12.5. The number of nitrogens with one attached hydrogen (secondary N) is 1. The van der Waals surface area contributed by atoms with Crippen LogP contribution in [-0.4, -0.2) is 55.8 Å². The highest BCUT2D eigenvalue weighted by molar-refractivity contribution is 5.90. The summed E-state index contributed by atoms with van der Waals surface area (Å²) in [6, 6.07) is 4.84. The van der Waals surface area contributed by atoms with E-state index in [9.17, 15) is 14.4 Å². The topological polar surface area (TPSA) is 94.2 Å². The van der Waals surface area contributed by atoms with Gasteiger partial charge in [-0.15, -0.1) is 0 Å². The van der Waals surface area contributed by atoms with Crippen LogP contribution in [0.5, 0.6) is 5.75 Å². The van der Waals surface area contributed by atoms with Gasteiger partial charge in [0.1, 0.15) is 23.4 Å². The van der Waals surface area contributed by atoms with Crippen molar-refractivity contribution in [2.24, 2.45) is 0 Å². The standard InChI is InChI=1S/C19H28N2O6/c1-12(17(23)26-7)20-16(22)15(13-8-10-14(25-6)11-9-13)21(5)18(24)27-19(2,3)4/h8-12,15H,1-7H3,(H,20,22)/t12?,15-/m0/s1. The third-order valence-corrected chi connectivity index (χ3v) is 3.66. The number of rotatable bonds is 6. The van der Waals surface area contributed by atoms with Crippen molar-refractivity contribution in [3.63, 3.8) is 0 Å². The number of hydrogen-bond acceptors (Lipinski definition) is 6. The van der Waals surface area contributed by atoms with Crippen molar-refractivity contribution in [2.45, 2.75) is 45.4 Å². The monoisotopic (exact) mass is 380 g/mol. The van der Waals surface area contributed by atoms with Crippen LogP contribution >= 0.6 is 0 Å². The second-order valence-corrected chi connectivity index (χ2v) is 7.02. The first-order valence-electron chi connectivity index (χ1n) is 8.48. The molecular weight excluding hydrogens is 352 g/mol. The summed E-state index contributed by atoms with van der Waals surface area (Å²) in [6.45, 7) is 6.71. The van der Waals surface area contributed by atoms with E-state index in [1.54, 1.807) is 45.0 Å². The Morgan fingerprint density at radius 2 is 1.63 bits per heavy atom. The van der Waals surface area contributed by atoms with Crippen LogP contribution in [0, 0.1) is 0 Å². The van der Waals surface area contributed by atoms with E-state index in [1.165, 1.54) is 33.1 Å². The van der Waals surface area contributed by atoms with Crippen LogP contribution in [-0.2, 0) is 19.1 Å². The van der Waals surface area contributed by atoms with Gasteiger partial charge in [-0.05, 0) is 45.4 Å². The van der Waals surface area contributed by atoms with Crippen molar-refractivity contribution in [1.82, 2.24) is 10.2 Å². The van der Waals surface area contributed by atoms with E-state index in [2.05, 4.69) is 10.1 Å². The lowest BCUT2D eigenvalue weighted by Crippen LogP contribution is -2.47. The van der Waals surface area contributed by atoms with E-state index in [1.807, 2.05) is 0 Å². The van der Waals surface area contributed by atoms with Crippen LogP contribution in [0.25, 0.3) is 0 Å². The van der Waals surface area contributed by atoms with Crippen LogP contribution in [0.4, 0.5) is 4.79 Å². The Kier molecular flexibility index (Phi) is 7.63. The summed E-state index contributed by atoms with van der Waals surface area (Å²) in [5.74, 6) is -0.510. The lowest BCUT2D eigenvalue weighted by molar-refractivity contribution is -0.145. The van der Waals surface area contributed by atoms with Crippen LogP contribution in [0.1, 0.15) is 39.3 Å². The summed E-state index contributed by atoms with van der Waals surface area (Å²) in [5, 5.41) is 2.56. The molecule has 8 heteroatoms. The van der Waals surface area contributed by atoms with Crippen molar-refractivity contribution in [2.75, 3.05) is 21.3 Å². The zero-order valence-corrected chi connectivity index (χ0v) is 16.9. The minimum atomic E-state index is -1.00. The average molecular weight is 380 g/mol. The Bertz CT molecular complexity index is 666. The minimum absolute atomic E-state index is 0.536. The summed E-state index contributed by atoms with van der Waals surface area (Å²) in [6.07, 6.45) is -0.663. The predicted molar refractivity (Wildman–Crippen MR) is 99.4 cm³/mol. The van der Waals surface area contributed by atoms with Gasteiger partial charge in [0.2, 0.25) is 5.91 Å². The van der Waals surface area contributed by atoms with Gasteiger partial charge in [-0.2, -0.15) is 0 Å². The Morgan fingerprint density at radius 1 is 1.07 bits per heavy atom. The molecular formula is C19H28N2O6. The van der Waals surface area contributed by atoms with E-state index >= 15 is 0 Å². The van der Waals surface area contributed by atoms with Gasteiger partial charge in [0.25, 0.3) is 0 Å². The highest BCUT2D eigenvalue weighted by Crippen LogP contribution is 2.24. The molecule has 2 atom stereocenters. The molecule has 0 aliphatic rings. The molecule has 1 N–H and O–H groups in total. The third kappa shape index (κ3) is 6.47. The Balaban J connectivity index is 3.16. The van der Waals surface area contributed by atoms with E-state index in [4.69, 9.17) is 9.47 Å². The number of esters is 1. The summed E-state index contributed by atoms with van der Waals surface area (Å²) in [5.41, 5.74) is -0.176. The molecule has 2 amide bonds. The average Bonchev–Trinajstić information content (AvgIpc) is 2.60. The molecule has 0 aliphatic heterocycles. The Labute approximate surface area is 159 Å². The van der Waals surface area contributed by atoms with Gasteiger partial charge in [-0.3, -0.25) is 9.69 Å². The largest absolute Gasteiger partial charge is 0.497 e. The van der Waals surface area contributed by atoms with Gasteiger partial charge < -0.3 is 19.5 Å². The fourth-order valence-corrected chi connectivity index (χ4v) is 2.30. The molecule has 1 aromatic carbocycles. The molecule has 1 aromatic rings. The summed E-state index contributed by atoms with van der Waals surface area (Å²) >= 11 is 0. The molecule has 0 fully saturated rings. The summed E-state index contributed by atoms with van der Waals surface area (Å²) in [7, 11) is 4.23. The quantitative estimate of drug-likeness (QED) is 0.761. The second kappa shape index (κ2) is 9.25. The molecule has 0 radical (unpaired) electrons. The fourth-order valence-electron chi connectivity index (χ4n) is 2.30. The van der Waals surface area contributed by atoms with Crippen molar-refractivity contribution < 1.29 is 28.6 Å². The Hall–Kier alpha value is -2.77. The summed E-state index contributed by atoms with van der Waals surface area (Å²) < 4.78 is 15.1. The maximum Gasteiger partial charge on any atom is 0.410 e. The number of ether oxygens (including phenoxy) is 3. The predicted octanol–water partition coefficient (Wildman–Crippen LogP) is 2.28. The van der Waals surface area contributed by atoms with E-state index < -0.39 is 35.7 Å². The molecule has 150 valence electrons. The van der Waals surface area contributed by atoms with E-state index in [0.717, 1.165) is 0 Å². The zero-order valence-electron chi connectivity index (χ0n) is 16.9. The summed E-state index contributed by atoms with van der Waals surface area (Å²) in [4.78, 5) is 38.1. The highest BCUT2D eigenvalue weighted by atomic mass is 16.6. The molecule has 0 spiro atoms. The fraction of sp³-hybridized carbons (Fsp3) is 0.526. The van der Waals surface area contributed by atoms with Gasteiger partial charge in [0.15, 0.2) is 0 Å². The number of carbonyl (C=O) groups excluding carboxylic acids is 3. The van der Waals surface area contributed by atoms with Crippen LogP contribution in [0.3, 0.4) is 0 Å². The third-order valence-electron chi connectivity index (χ3n) is 3.66. The number of carbonyl (C=O) groups is 3. The van der Waals surface area contributed by atoms with Gasteiger partial charge in [-0.1, -0.05) is 12.1 Å². The van der Waals surface area contributed by atoms with Gasteiger partial charge >= 0.3 is 12.1 Å². The van der Waals surface area contributed by atoms with Crippen LogP contribution < -0.4 is 10.1 Å². The number of amides is 2. The van der Waals surface area contributed by atoms with Crippen molar-refractivity contribution in [1.29, 1.82) is 0 Å². The molecule has 27 heavy (non-hydrogen) atoms. The number of nitrogens with zero attached hydrogens (tertiary/aromatic N) is 1. The first-order valence-corrected chi connectivity index (χ1v) is 8.48. The van der Waals surface area contributed by atoms with Crippen molar-refractivity contribution in [3.05, 3.63) is 29.8 Å². The molecule has 0 saturated carbocycles. The number of hydrogen-bond donors (Lipinski definition) is 1. The van der Waals surface area contributed by atoms with E-state index in [-0.39, 0.29) is 0 Å². The molecule has 8 nitrogen and oxygen atoms in total. The van der Waals surface area contributed by atoms with E-state index in [0.29, 0.717) is 11.3 Å². The lowest BCUT2D eigenvalue weighted by atomic mass is 10.0. The van der Waals surface area contributed by atoms with Crippen LogP contribution in [0.15, 0.2) is 24.3 Å². The smallest absolute Gasteiger partial charge is 0.410 e. The molecule has 0 aliphatic carbocycles. The number of methoxy groups -OCH3 is 2. The van der Waals surface area contributed by atoms with Gasteiger partial charge in [0, 0.05) is 7.05 Å². The number of benzene rings is 1. The van der Waals surface area contributed by atoms with Gasteiger partial charge in [-0.25, -0.2) is 9.59 Å². The SMILES string of the molecule is COC(=O)C(C)NC(=O)[C@H](c1ccc(OC)cc1)N(C)C(=O)OC(C)(C)C. The second-order valence-electron chi connectivity index (χ2n) is 7.02. The lowest BCUT2D eigenvalue weighted by Gasteiger charge is -2.30. The maximum atomic E-state index is 12.8. The highest BCUT2D eigenvalue weighted by Gasteiger charge is 2.33. The van der Waals surface area contributed by atoms with Gasteiger partial charge in [0.05, 0.1) is 14.2 Å². The Morgan fingerprint density at radius 3 is 2.07 bits per heavy atom. The molecule has 0 heterocycles. The molecule has 1 rings (SSSR count). The molecule has 1 unspecified atom stereocenters. The molecule has 0 aromatic heterocycles. The zero-order chi connectivity index (χ0) is 20.8. The molecule has 0 saturated heterocycles. The van der Waals surface area contributed by atoms with Crippen LogP contribution in [0.2, 0.25) is 0 Å². The maximum absolute atomic E-state index is 12.8. The molecule has 0 bridgehead atoms. The minimum Gasteiger partial charge on any atom is -0.497 e. The van der Waals surface area contributed by atoms with Crippen molar-refractivity contribution >= 4 is 18.0 Å². The number of likely N-dealkylation sites (N-methyl/N-ethyl adjacent to an activating group) is 1.